The van der Waals surface area contributed by atoms with Crippen LogP contribution in [0, 0.1) is 23.7 Å². The third kappa shape index (κ3) is 3.01. The molecule has 2 saturated heterocycles. The topological polar surface area (TPSA) is 101 Å². The van der Waals surface area contributed by atoms with Gasteiger partial charge >= 0.3 is 183 Å². The third-order valence-corrected chi connectivity index (χ3v) is 11.5. The Morgan fingerprint density at radius 3 is 2.63 bits per heavy atom. The SMILES string of the molecule is CC(I)(C(=O)OC1C2CC3C1OC(=O)C3C2C(=O)OC1CCCC1)C1N[I-]1. The molecule has 2 bridgehead atoms. The van der Waals surface area contributed by atoms with Crippen LogP contribution in [0.4, 0.5) is 0 Å². The van der Waals surface area contributed by atoms with Crippen LogP contribution in [0.15, 0.2) is 0 Å². The minimum atomic E-state index is -0.616. The van der Waals surface area contributed by atoms with Crippen LogP contribution in [-0.4, -0.2) is 43.7 Å². The summed E-state index contributed by atoms with van der Waals surface area (Å²) < 4.78 is 20.0. The van der Waals surface area contributed by atoms with Gasteiger partial charge in [-0.15, -0.1) is 0 Å². The Kier molecular flexibility index (Phi) is 4.66. The number of ether oxygens (including phenoxy) is 3. The van der Waals surface area contributed by atoms with E-state index < -0.39 is 27.5 Å². The molecule has 3 saturated carbocycles. The number of carbonyl (C=O) groups is 3. The summed E-state index contributed by atoms with van der Waals surface area (Å²) in [6, 6.07) is 0. The van der Waals surface area contributed by atoms with Crippen molar-refractivity contribution in [2.75, 3.05) is 0 Å². The second kappa shape index (κ2) is 6.68. The minimum absolute atomic E-state index is 0.0339. The summed E-state index contributed by atoms with van der Waals surface area (Å²) in [4.78, 5) is 38.1. The van der Waals surface area contributed by atoms with Crippen LogP contribution in [0.3, 0.4) is 0 Å². The zero-order valence-electron chi connectivity index (χ0n) is 14.9. The second-order valence-electron chi connectivity index (χ2n) is 8.39. The average Bonchev–Trinajstić information content (AvgIpc) is 2.98. The van der Waals surface area contributed by atoms with Crippen molar-refractivity contribution in [3.05, 3.63) is 0 Å². The van der Waals surface area contributed by atoms with Crippen molar-refractivity contribution in [1.82, 2.24) is 3.53 Å². The zero-order chi connectivity index (χ0) is 18.9. The Morgan fingerprint density at radius 2 is 1.96 bits per heavy atom. The molecule has 0 spiro atoms. The Hall–Kier alpha value is -0.170. The van der Waals surface area contributed by atoms with Gasteiger partial charge in [-0.1, -0.05) is 0 Å². The van der Waals surface area contributed by atoms with E-state index in [1.54, 1.807) is 0 Å². The van der Waals surface area contributed by atoms with Crippen molar-refractivity contribution < 1.29 is 50.1 Å². The number of nitrogens with one attached hydrogen (secondary N) is 1. The monoisotopic (exact) mass is 602 g/mol. The molecule has 0 aromatic heterocycles. The van der Waals surface area contributed by atoms with Gasteiger partial charge in [-0.05, 0) is 0 Å². The Morgan fingerprint density at radius 1 is 1.26 bits per heavy atom. The molecular weight excluding hydrogens is 580 g/mol. The Bertz CT molecular complexity index is 689. The standard InChI is InChI=1S/C18H22I2NO6/c1-18(19,16-20-21-16)17(24)27-13-9-6-8-11(15(23)26-12(8)13)10(9)14(22)25-7-4-2-3-5-7/h7-13,16,21H,2-6H2,1H3/q-1. The van der Waals surface area contributed by atoms with E-state index in [1.165, 1.54) is 0 Å². The van der Waals surface area contributed by atoms with Crippen LogP contribution in [0.5, 0.6) is 0 Å². The molecule has 0 radical (unpaired) electrons. The van der Waals surface area contributed by atoms with Crippen LogP contribution in [0.2, 0.25) is 0 Å². The van der Waals surface area contributed by atoms with Crippen molar-refractivity contribution in [1.29, 1.82) is 0 Å². The van der Waals surface area contributed by atoms with Gasteiger partial charge in [0, 0.05) is 0 Å². The van der Waals surface area contributed by atoms with Gasteiger partial charge in [-0.3, -0.25) is 0 Å². The maximum absolute atomic E-state index is 12.9. The van der Waals surface area contributed by atoms with E-state index in [1.807, 2.05) is 6.92 Å². The first kappa shape index (κ1) is 18.8. The number of rotatable bonds is 5. The number of hydrogen-bond acceptors (Lipinski definition) is 7. The number of hydrogen-bond donors (Lipinski definition) is 1. The number of carbonyl (C=O) groups excluding carboxylic acids is 3. The summed E-state index contributed by atoms with van der Waals surface area (Å²) in [6.45, 7) is 1.88. The summed E-state index contributed by atoms with van der Waals surface area (Å²) >= 11 is 2.01. The predicted molar refractivity (Wildman–Crippen MR) is 96.0 cm³/mol. The van der Waals surface area contributed by atoms with Crippen LogP contribution >= 0.6 is 22.6 Å². The van der Waals surface area contributed by atoms with Crippen molar-refractivity contribution in [3.63, 3.8) is 0 Å². The molecule has 7 nitrogen and oxygen atoms in total. The predicted octanol–water partition coefficient (Wildman–Crippen LogP) is -1.68. The summed E-state index contributed by atoms with van der Waals surface area (Å²) in [5.41, 5.74) is 0. The van der Waals surface area contributed by atoms with E-state index in [0.29, 0.717) is 6.42 Å². The molecule has 0 amide bonds. The summed E-state index contributed by atoms with van der Waals surface area (Å²) in [7, 11) is 0. The molecule has 9 heteroatoms. The van der Waals surface area contributed by atoms with Gasteiger partial charge in [-0.25, -0.2) is 0 Å². The Labute approximate surface area is 181 Å². The molecule has 8 atom stereocenters. The van der Waals surface area contributed by atoms with E-state index in [9.17, 15) is 14.4 Å². The van der Waals surface area contributed by atoms with Crippen molar-refractivity contribution in [3.8, 4) is 0 Å². The first-order valence-corrected chi connectivity index (χ1v) is 13.0. The van der Waals surface area contributed by atoms with Gasteiger partial charge in [0.2, 0.25) is 0 Å². The number of alkyl halides is 2. The van der Waals surface area contributed by atoms with Gasteiger partial charge in [0.1, 0.15) is 0 Å². The normalized spacial score (nSPS) is 44.4. The van der Waals surface area contributed by atoms with Gasteiger partial charge in [0.15, 0.2) is 0 Å². The van der Waals surface area contributed by atoms with E-state index in [0.717, 1.165) is 25.7 Å². The van der Waals surface area contributed by atoms with Crippen LogP contribution < -0.4 is 25.0 Å². The molecule has 5 fully saturated rings. The van der Waals surface area contributed by atoms with E-state index in [2.05, 4.69) is 26.1 Å². The van der Waals surface area contributed by atoms with E-state index >= 15 is 0 Å². The molecular formula is C18H22I2NO6-. The van der Waals surface area contributed by atoms with Gasteiger partial charge in [0.05, 0.1) is 0 Å². The van der Waals surface area contributed by atoms with E-state index in [-0.39, 0.29) is 61.4 Å². The quantitative estimate of drug-likeness (QED) is 0.0764. The fraction of sp³-hybridized carbons (Fsp3) is 0.833. The fourth-order valence-electron chi connectivity index (χ4n) is 5.30. The molecule has 0 aromatic rings. The molecule has 5 rings (SSSR count). The third-order valence-electron chi connectivity index (χ3n) is 6.74. The fourth-order valence-corrected chi connectivity index (χ4v) is 8.61. The van der Waals surface area contributed by atoms with Crippen molar-refractivity contribution >= 4 is 40.5 Å². The molecule has 1 N–H and O–H groups in total. The zero-order valence-corrected chi connectivity index (χ0v) is 19.2. The number of fused-ring (bicyclic) bond motifs is 1. The van der Waals surface area contributed by atoms with Crippen LogP contribution in [0.1, 0.15) is 39.0 Å². The molecule has 5 aliphatic rings. The molecule has 2 aliphatic heterocycles. The number of halogens is 2. The summed E-state index contributed by atoms with van der Waals surface area (Å²) in [5, 5.41) is 0. The summed E-state index contributed by atoms with van der Waals surface area (Å²) in [5.74, 6) is -2.08. The number of esters is 3. The first-order chi connectivity index (χ1) is 12.9. The molecule has 8 unspecified atom stereocenters. The van der Waals surface area contributed by atoms with Crippen molar-refractivity contribution in [2.45, 2.75) is 64.8 Å². The molecule has 2 heterocycles. The summed E-state index contributed by atoms with van der Waals surface area (Å²) in [6.07, 6.45) is 3.67. The molecule has 3 aliphatic carbocycles. The van der Waals surface area contributed by atoms with Gasteiger partial charge < -0.3 is 0 Å². The maximum atomic E-state index is 12.9. The van der Waals surface area contributed by atoms with Crippen molar-refractivity contribution in [2.24, 2.45) is 23.7 Å². The van der Waals surface area contributed by atoms with E-state index in [4.69, 9.17) is 14.2 Å². The van der Waals surface area contributed by atoms with Gasteiger partial charge in [0.25, 0.3) is 0 Å². The second-order valence-corrected chi connectivity index (χ2v) is 13.1. The van der Waals surface area contributed by atoms with Gasteiger partial charge in [-0.2, -0.15) is 0 Å². The molecule has 27 heavy (non-hydrogen) atoms. The Balaban J connectivity index is 1.34. The average molecular weight is 602 g/mol. The molecule has 150 valence electrons. The van der Waals surface area contributed by atoms with Crippen LogP contribution in [-0.2, 0) is 28.6 Å². The first-order valence-electron chi connectivity index (χ1n) is 9.57. The molecule has 0 aromatic carbocycles. The van der Waals surface area contributed by atoms with Crippen LogP contribution in [0.25, 0.3) is 0 Å².